The van der Waals surface area contributed by atoms with E-state index in [0.717, 1.165) is 22.4 Å². The number of ether oxygens (including phenoxy) is 2. The van der Waals surface area contributed by atoms with Crippen LogP contribution in [0.5, 0.6) is 5.75 Å². The third-order valence-corrected chi connectivity index (χ3v) is 5.02. The first kappa shape index (κ1) is 17.6. The van der Waals surface area contributed by atoms with E-state index in [9.17, 15) is 9.18 Å². The van der Waals surface area contributed by atoms with E-state index in [0.29, 0.717) is 10.2 Å². The van der Waals surface area contributed by atoms with Crippen LogP contribution in [0.15, 0.2) is 52.3 Å². The summed E-state index contributed by atoms with van der Waals surface area (Å²) in [5, 5.41) is 2.65. The van der Waals surface area contributed by atoms with Gasteiger partial charge in [0.15, 0.2) is 0 Å². The molecule has 25 heavy (non-hydrogen) atoms. The lowest BCUT2D eigenvalue weighted by molar-refractivity contribution is 0.0467. The van der Waals surface area contributed by atoms with Crippen molar-refractivity contribution < 1.29 is 18.7 Å². The van der Waals surface area contributed by atoms with Gasteiger partial charge in [0.2, 0.25) is 0 Å². The minimum Gasteiger partial charge on any atom is -0.497 e. The molecule has 1 aromatic heterocycles. The first-order valence-corrected chi connectivity index (χ1v) is 8.95. The Hall–Kier alpha value is -2.25. The largest absolute Gasteiger partial charge is 0.497 e. The second-order valence-corrected chi connectivity index (χ2v) is 6.79. The predicted octanol–water partition coefficient (Wildman–Crippen LogP) is 5.08. The van der Waals surface area contributed by atoms with Crippen LogP contribution in [0.1, 0.15) is 16.1 Å². The fourth-order valence-electron chi connectivity index (χ4n) is 2.11. The van der Waals surface area contributed by atoms with Crippen molar-refractivity contribution >= 4 is 33.2 Å². The standard InChI is InChI=1S/C18H13BrFNO3S/c1-23-14-5-2-11(3-6-14)17-21-13(10-25-17)9-24-18(22)15-8-12(20)4-7-16(15)19/h2-8,10H,9H2,1H3. The number of hydrogen-bond acceptors (Lipinski definition) is 5. The molecule has 3 aromatic rings. The van der Waals surface area contributed by atoms with E-state index >= 15 is 0 Å². The summed E-state index contributed by atoms with van der Waals surface area (Å²) in [6, 6.07) is 11.4. The van der Waals surface area contributed by atoms with Gasteiger partial charge in [-0.2, -0.15) is 0 Å². The lowest BCUT2D eigenvalue weighted by Crippen LogP contribution is -2.06. The number of aromatic nitrogens is 1. The highest BCUT2D eigenvalue weighted by Crippen LogP contribution is 2.26. The van der Waals surface area contributed by atoms with Gasteiger partial charge in [-0.1, -0.05) is 0 Å². The molecule has 0 bridgehead atoms. The summed E-state index contributed by atoms with van der Waals surface area (Å²) in [5.41, 5.74) is 1.73. The molecule has 128 valence electrons. The van der Waals surface area contributed by atoms with E-state index < -0.39 is 11.8 Å². The predicted molar refractivity (Wildman–Crippen MR) is 97.3 cm³/mol. The van der Waals surface area contributed by atoms with Crippen LogP contribution in [0, 0.1) is 5.82 Å². The average molecular weight is 422 g/mol. The van der Waals surface area contributed by atoms with Gasteiger partial charge >= 0.3 is 5.97 Å². The van der Waals surface area contributed by atoms with Crippen molar-refractivity contribution in [3.63, 3.8) is 0 Å². The van der Waals surface area contributed by atoms with Crippen molar-refractivity contribution in [1.82, 2.24) is 4.98 Å². The SMILES string of the molecule is COc1ccc(-c2nc(COC(=O)c3cc(F)ccc3Br)cs2)cc1. The number of benzene rings is 2. The topological polar surface area (TPSA) is 48.4 Å². The van der Waals surface area contributed by atoms with E-state index in [-0.39, 0.29) is 12.2 Å². The van der Waals surface area contributed by atoms with Crippen LogP contribution in [-0.4, -0.2) is 18.1 Å². The van der Waals surface area contributed by atoms with Gasteiger partial charge in [-0.25, -0.2) is 14.2 Å². The van der Waals surface area contributed by atoms with Gasteiger partial charge in [-0.05, 0) is 58.4 Å². The van der Waals surface area contributed by atoms with Crippen LogP contribution in [0.3, 0.4) is 0 Å². The van der Waals surface area contributed by atoms with Gasteiger partial charge in [-0.3, -0.25) is 0 Å². The lowest BCUT2D eigenvalue weighted by Gasteiger charge is -2.05. The number of hydrogen-bond donors (Lipinski definition) is 0. The molecule has 7 heteroatoms. The van der Waals surface area contributed by atoms with Crippen LogP contribution in [0.2, 0.25) is 0 Å². The van der Waals surface area contributed by atoms with Crippen LogP contribution in [-0.2, 0) is 11.3 Å². The summed E-state index contributed by atoms with van der Waals surface area (Å²) < 4.78 is 24.1. The fraction of sp³-hybridized carbons (Fsp3) is 0.111. The maximum Gasteiger partial charge on any atom is 0.339 e. The van der Waals surface area contributed by atoms with E-state index in [1.807, 2.05) is 29.6 Å². The molecule has 0 aliphatic carbocycles. The molecule has 0 atom stereocenters. The Morgan fingerprint density at radius 1 is 1.24 bits per heavy atom. The Balaban J connectivity index is 1.67. The molecule has 2 aromatic carbocycles. The van der Waals surface area contributed by atoms with E-state index in [1.54, 1.807) is 7.11 Å². The van der Waals surface area contributed by atoms with Gasteiger partial charge in [0, 0.05) is 15.4 Å². The van der Waals surface area contributed by atoms with Gasteiger partial charge < -0.3 is 9.47 Å². The summed E-state index contributed by atoms with van der Waals surface area (Å²) in [6.45, 7) is 0.0223. The van der Waals surface area contributed by atoms with Gasteiger partial charge in [-0.15, -0.1) is 11.3 Å². The minimum absolute atomic E-state index is 0.0223. The van der Waals surface area contributed by atoms with Gasteiger partial charge in [0.05, 0.1) is 18.4 Å². The number of carbonyl (C=O) groups is 1. The van der Waals surface area contributed by atoms with Crippen molar-refractivity contribution in [3.05, 3.63) is 69.4 Å². The lowest BCUT2D eigenvalue weighted by atomic mass is 10.2. The summed E-state index contributed by atoms with van der Waals surface area (Å²) >= 11 is 4.67. The van der Waals surface area contributed by atoms with Gasteiger partial charge in [0.1, 0.15) is 23.2 Å². The third-order valence-electron chi connectivity index (χ3n) is 3.39. The summed E-state index contributed by atoms with van der Waals surface area (Å²) in [4.78, 5) is 16.5. The zero-order valence-electron chi connectivity index (χ0n) is 13.2. The van der Waals surface area contributed by atoms with Crippen LogP contribution in [0.4, 0.5) is 4.39 Å². The van der Waals surface area contributed by atoms with Crippen molar-refractivity contribution in [3.8, 4) is 16.3 Å². The Kier molecular flexibility index (Phi) is 5.45. The van der Waals surface area contributed by atoms with E-state index in [1.165, 1.54) is 23.5 Å². The molecule has 0 aliphatic heterocycles. The zero-order valence-corrected chi connectivity index (χ0v) is 15.6. The summed E-state index contributed by atoms with van der Waals surface area (Å²) in [7, 11) is 1.61. The zero-order chi connectivity index (χ0) is 17.8. The van der Waals surface area contributed by atoms with Crippen LogP contribution >= 0.6 is 27.3 Å². The number of carbonyl (C=O) groups excluding carboxylic acids is 1. The molecule has 0 unspecified atom stereocenters. The number of thiazole rings is 1. The average Bonchev–Trinajstić information content (AvgIpc) is 3.11. The van der Waals surface area contributed by atoms with Crippen LogP contribution < -0.4 is 4.74 Å². The molecule has 3 rings (SSSR count). The highest BCUT2D eigenvalue weighted by atomic mass is 79.9. The molecule has 0 saturated heterocycles. The highest BCUT2D eigenvalue weighted by Gasteiger charge is 2.14. The number of esters is 1. The number of halogens is 2. The molecule has 0 amide bonds. The number of nitrogens with zero attached hydrogens (tertiary/aromatic N) is 1. The van der Waals surface area contributed by atoms with Crippen molar-refractivity contribution in [1.29, 1.82) is 0 Å². The second kappa shape index (κ2) is 7.76. The molecule has 0 spiro atoms. The number of rotatable bonds is 5. The molecule has 0 fully saturated rings. The first-order chi connectivity index (χ1) is 12.1. The Bertz CT molecular complexity index is 896. The molecule has 0 aliphatic rings. The smallest absolute Gasteiger partial charge is 0.339 e. The van der Waals surface area contributed by atoms with Crippen LogP contribution in [0.25, 0.3) is 10.6 Å². The first-order valence-electron chi connectivity index (χ1n) is 7.28. The second-order valence-electron chi connectivity index (χ2n) is 5.07. The van der Waals surface area contributed by atoms with Crippen molar-refractivity contribution in [2.45, 2.75) is 6.61 Å². The maximum absolute atomic E-state index is 13.3. The normalized spacial score (nSPS) is 10.5. The van der Waals surface area contributed by atoms with Crippen molar-refractivity contribution in [2.24, 2.45) is 0 Å². The molecule has 0 radical (unpaired) electrons. The molecule has 1 heterocycles. The molecule has 0 N–H and O–H groups in total. The summed E-state index contributed by atoms with van der Waals surface area (Å²) in [5.74, 6) is -0.328. The molecular weight excluding hydrogens is 409 g/mol. The third kappa shape index (κ3) is 4.24. The quantitative estimate of drug-likeness (QED) is 0.539. The minimum atomic E-state index is -0.606. The maximum atomic E-state index is 13.3. The Labute approximate surface area is 156 Å². The van der Waals surface area contributed by atoms with Gasteiger partial charge in [0.25, 0.3) is 0 Å². The fourth-order valence-corrected chi connectivity index (χ4v) is 3.33. The molecule has 0 saturated carbocycles. The molecule has 4 nitrogen and oxygen atoms in total. The van der Waals surface area contributed by atoms with E-state index in [4.69, 9.17) is 9.47 Å². The van der Waals surface area contributed by atoms with Crippen molar-refractivity contribution in [2.75, 3.05) is 7.11 Å². The Morgan fingerprint density at radius 3 is 2.72 bits per heavy atom. The summed E-state index contributed by atoms with van der Waals surface area (Å²) in [6.07, 6.45) is 0. The Morgan fingerprint density at radius 2 is 2.00 bits per heavy atom. The molecular formula is C18H13BrFNO3S. The monoisotopic (exact) mass is 421 g/mol. The van der Waals surface area contributed by atoms with E-state index in [2.05, 4.69) is 20.9 Å². The number of methoxy groups -OCH3 is 1. The highest BCUT2D eigenvalue weighted by molar-refractivity contribution is 9.10.